The molecular weight excluding hydrogens is 973 g/mol. The molecule has 2 fully saturated rings. The van der Waals surface area contributed by atoms with Crippen LogP contribution in [0.2, 0.25) is 0 Å². The van der Waals surface area contributed by atoms with Crippen molar-refractivity contribution >= 4 is 41.4 Å². The molecule has 0 spiro atoms. The predicted octanol–water partition coefficient (Wildman–Crippen LogP) is 3.86. The van der Waals surface area contributed by atoms with Crippen LogP contribution in [0.1, 0.15) is 154 Å². The average molecular weight is 1060 g/mol. The number of unbranched alkanes of at least 4 members (excludes halogenated alkanes) is 1. The molecule has 0 unspecified atom stereocenters. The number of fused-ring (bicyclic) bond motifs is 2. The highest BCUT2D eigenvalue weighted by Crippen LogP contribution is 2.34. The standard InChI is InChI=1S/C60H86N10O7/c1-38(61-9)53(72)67-51(59(3,4)5)57(76)69-36-42(34-48(69)55(74)65-46-30-22-26-40-24-17-19-28-44(40)46)63-33-21-15-13-11-12-14-16-32-50(71)64-43-35-49(56(75)66-47-31-23-27-41-25-18-20-29-45(41)47)70(37-43)58(77)52(60(6,7)8)68-54(73)39(2)62-10/h17-20,24-25,28-29,38-39,42-43,46-49,51-52,61-63H,15-16,21-23,26-27,30-37H2,1-10H3,(H,64,71)(H,65,74)(H,66,75)(H,67,72)(H,68,73)/t38-,39-,42-,43-,46+,47+,48-,49-,51+,52+/m0/s1. The van der Waals surface area contributed by atoms with Crippen LogP contribution in [0.25, 0.3) is 0 Å². The zero-order valence-corrected chi connectivity index (χ0v) is 47.3. The Bertz CT molecular complexity index is 2570. The number of nitrogens with one attached hydrogen (secondary N) is 8. The molecule has 17 heteroatoms. The second-order valence-electron chi connectivity index (χ2n) is 23.5. The molecule has 0 bridgehead atoms. The highest BCUT2D eigenvalue weighted by Gasteiger charge is 2.47. The minimum atomic E-state index is -0.922. The van der Waals surface area contributed by atoms with E-state index in [9.17, 15) is 33.6 Å². The molecule has 4 aliphatic rings. The maximum Gasteiger partial charge on any atom is 0.246 e. The molecule has 2 heterocycles. The first-order chi connectivity index (χ1) is 36.6. The first kappa shape index (κ1) is 60.0. The molecule has 2 aromatic rings. The number of carbonyl (C=O) groups is 7. The van der Waals surface area contributed by atoms with Crippen molar-refractivity contribution in [2.75, 3.05) is 33.7 Å². The summed E-state index contributed by atoms with van der Waals surface area (Å²) in [6.07, 6.45) is 7.64. The number of hydrogen-bond acceptors (Lipinski definition) is 10. The first-order valence-electron chi connectivity index (χ1n) is 27.9. The molecule has 0 aromatic heterocycles. The maximum atomic E-state index is 14.5. The minimum absolute atomic E-state index is 0.104. The van der Waals surface area contributed by atoms with E-state index in [1.54, 1.807) is 32.8 Å². The van der Waals surface area contributed by atoms with Crippen molar-refractivity contribution < 1.29 is 33.6 Å². The van der Waals surface area contributed by atoms with E-state index in [1.807, 2.05) is 71.9 Å². The number of carbonyl (C=O) groups excluding carboxylic acids is 7. The van der Waals surface area contributed by atoms with Gasteiger partial charge >= 0.3 is 0 Å². The highest BCUT2D eigenvalue weighted by atomic mass is 16.2. The number of amides is 7. The molecule has 7 amide bonds. The summed E-state index contributed by atoms with van der Waals surface area (Å²) in [4.78, 5) is 100. The van der Waals surface area contributed by atoms with E-state index in [4.69, 9.17) is 0 Å². The van der Waals surface area contributed by atoms with Gasteiger partial charge < -0.3 is 52.3 Å². The van der Waals surface area contributed by atoms with Gasteiger partial charge in [0.25, 0.3) is 0 Å². The second-order valence-corrected chi connectivity index (χ2v) is 23.5. The van der Waals surface area contributed by atoms with Crippen molar-refractivity contribution in [2.24, 2.45) is 10.8 Å². The smallest absolute Gasteiger partial charge is 0.246 e. The Morgan fingerprint density at radius 3 is 1.52 bits per heavy atom. The highest BCUT2D eigenvalue weighted by molar-refractivity contribution is 5.95. The van der Waals surface area contributed by atoms with E-state index in [2.05, 4.69) is 84.4 Å². The third kappa shape index (κ3) is 16.2. The Balaban J connectivity index is 1.02. The summed E-state index contributed by atoms with van der Waals surface area (Å²) >= 11 is 0. The van der Waals surface area contributed by atoms with E-state index in [1.165, 1.54) is 16.0 Å². The molecule has 418 valence electrons. The largest absolute Gasteiger partial charge is 0.351 e. The van der Waals surface area contributed by atoms with Crippen LogP contribution >= 0.6 is 0 Å². The van der Waals surface area contributed by atoms with Gasteiger partial charge in [0, 0.05) is 44.4 Å². The van der Waals surface area contributed by atoms with Crippen molar-refractivity contribution in [3.05, 3.63) is 70.8 Å². The van der Waals surface area contributed by atoms with Gasteiger partial charge in [-0.1, -0.05) is 102 Å². The van der Waals surface area contributed by atoms with E-state index in [0.717, 1.165) is 49.7 Å². The summed E-state index contributed by atoms with van der Waals surface area (Å²) in [5.74, 6) is 9.77. The van der Waals surface area contributed by atoms with Crippen LogP contribution in [-0.2, 0) is 46.4 Å². The van der Waals surface area contributed by atoms with Gasteiger partial charge in [-0.15, -0.1) is 0 Å². The molecule has 0 saturated carbocycles. The Morgan fingerprint density at radius 2 is 1.05 bits per heavy atom. The lowest BCUT2D eigenvalue weighted by atomic mass is 9.85. The van der Waals surface area contributed by atoms with Crippen LogP contribution in [-0.4, -0.2) is 133 Å². The molecule has 2 aromatic carbocycles. The summed E-state index contributed by atoms with van der Waals surface area (Å²) in [5, 5.41) is 24.9. The lowest BCUT2D eigenvalue weighted by Crippen LogP contribution is -2.59. The van der Waals surface area contributed by atoms with Crippen LogP contribution in [0, 0.1) is 34.5 Å². The molecule has 2 aliphatic heterocycles. The van der Waals surface area contributed by atoms with Gasteiger partial charge in [-0.25, -0.2) is 0 Å². The van der Waals surface area contributed by atoms with Crippen LogP contribution in [0.15, 0.2) is 48.5 Å². The van der Waals surface area contributed by atoms with Gasteiger partial charge in [-0.2, -0.15) is 0 Å². The molecule has 6 rings (SSSR count). The van der Waals surface area contributed by atoms with Crippen molar-refractivity contribution in [1.82, 2.24) is 52.3 Å². The van der Waals surface area contributed by atoms with Gasteiger partial charge in [0.1, 0.15) is 24.2 Å². The van der Waals surface area contributed by atoms with Crippen LogP contribution < -0.4 is 42.5 Å². The average Bonchev–Trinajstić information content (AvgIpc) is 4.04. The molecule has 2 aliphatic carbocycles. The van der Waals surface area contributed by atoms with E-state index >= 15 is 0 Å². The first-order valence-corrected chi connectivity index (χ1v) is 27.9. The fraction of sp³-hybridized carbons (Fsp3) is 0.617. The molecule has 8 N–H and O–H groups in total. The number of rotatable bonds is 19. The third-order valence-corrected chi connectivity index (χ3v) is 15.6. The normalized spacial score (nSPS) is 22.5. The summed E-state index contributed by atoms with van der Waals surface area (Å²) in [6, 6.07) is 10.9. The van der Waals surface area contributed by atoms with Crippen LogP contribution in [0.3, 0.4) is 0 Å². The second kappa shape index (κ2) is 27.4. The summed E-state index contributed by atoms with van der Waals surface area (Å²) < 4.78 is 0. The molecule has 2 saturated heterocycles. The van der Waals surface area contributed by atoms with Gasteiger partial charge in [0.2, 0.25) is 41.4 Å². The van der Waals surface area contributed by atoms with Crippen LogP contribution in [0.4, 0.5) is 0 Å². The Hall–Kier alpha value is -6.27. The number of nitrogens with zero attached hydrogens (tertiary/aromatic N) is 2. The van der Waals surface area contributed by atoms with Crippen LogP contribution in [0.5, 0.6) is 0 Å². The Kier molecular flexibility index (Phi) is 21.3. The topological polar surface area (TPSA) is 222 Å². The number of benzene rings is 2. The summed E-state index contributed by atoms with van der Waals surface area (Å²) in [7, 11) is 3.36. The monoisotopic (exact) mass is 1060 g/mol. The lowest BCUT2D eigenvalue weighted by Gasteiger charge is -2.36. The fourth-order valence-electron chi connectivity index (χ4n) is 10.9. The molecule has 77 heavy (non-hydrogen) atoms. The lowest BCUT2D eigenvalue weighted by molar-refractivity contribution is -0.144. The van der Waals surface area contributed by atoms with Gasteiger partial charge in [0.15, 0.2) is 0 Å². The van der Waals surface area contributed by atoms with Gasteiger partial charge in [0.05, 0.1) is 24.2 Å². The number of likely N-dealkylation sites (N-methyl/N-ethyl adjacent to an activating group) is 2. The van der Waals surface area contributed by atoms with Crippen molar-refractivity contribution in [2.45, 2.75) is 193 Å². The third-order valence-electron chi connectivity index (χ3n) is 15.6. The quantitative estimate of drug-likeness (QED) is 0.0750. The van der Waals surface area contributed by atoms with E-state index in [0.29, 0.717) is 32.4 Å². The summed E-state index contributed by atoms with van der Waals surface area (Å²) in [5.41, 5.74) is 3.32. The van der Waals surface area contributed by atoms with Crippen molar-refractivity contribution in [3.8, 4) is 23.7 Å². The van der Waals surface area contributed by atoms with Gasteiger partial charge in [-0.3, -0.25) is 33.6 Å². The minimum Gasteiger partial charge on any atom is -0.351 e. The van der Waals surface area contributed by atoms with E-state index in [-0.39, 0.29) is 85.3 Å². The van der Waals surface area contributed by atoms with Gasteiger partial charge in [-0.05, 0) is 137 Å². The zero-order chi connectivity index (χ0) is 56.0. The summed E-state index contributed by atoms with van der Waals surface area (Å²) in [6.45, 7) is 15.8. The number of likely N-dealkylation sites (tertiary alicyclic amines) is 2. The van der Waals surface area contributed by atoms with Crippen molar-refractivity contribution in [1.29, 1.82) is 0 Å². The Morgan fingerprint density at radius 1 is 0.610 bits per heavy atom. The molecule has 17 nitrogen and oxygen atoms in total. The Labute approximate surface area is 457 Å². The van der Waals surface area contributed by atoms with E-state index < -0.39 is 53.1 Å². The predicted molar refractivity (Wildman–Crippen MR) is 298 cm³/mol. The molecular formula is C60H86N10O7. The zero-order valence-electron chi connectivity index (χ0n) is 47.3. The fourth-order valence-corrected chi connectivity index (χ4v) is 10.9. The molecule has 0 radical (unpaired) electrons. The number of hydrogen-bond donors (Lipinski definition) is 8. The number of aryl methyl sites for hydroxylation is 2. The molecule has 10 atom stereocenters. The SMILES string of the molecule is CN[C@@H](C)C(=O)N[C@H](C(=O)N1C[C@@H](NCCCC#CC#CCCC(=O)N[C@H]2C[C@@H](C(=O)N[C@@H]3CCCc4ccccc43)N(C(=O)[C@@H](NC(=O)[C@H](C)NC)C(C)(C)C)C2)C[C@H]1C(=O)N[C@@H]1CCCc2ccccc21)C(C)(C)C. The van der Waals surface area contributed by atoms with Crippen molar-refractivity contribution in [3.63, 3.8) is 0 Å². The maximum absolute atomic E-state index is 14.5.